The number of tetrazole rings is 2. The van der Waals surface area contributed by atoms with Crippen molar-refractivity contribution in [3.8, 4) is 34.2 Å². The number of nitro groups is 2. The summed E-state index contributed by atoms with van der Waals surface area (Å²) in [6.07, 6.45) is 3.35. The van der Waals surface area contributed by atoms with Crippen molar-refractivity contribution in [3.05, 3.63) is 150 Å². The number of halogens is 2. The molecule has 0 aliphatic carbocycles. The Bertz CT molecular complexity index is 2530. The molecular weight excluding hydrogens is 892 g/mol. The molecule has 0 unspecified atom stereocenters. The number of non-ortho nitro benzene ring substituents is 2. The molecule has 0 saturated carbocycles. The highest BCUT2D eigenvalue weighted by Gasteiger charge is 2.25. The molecule has 0 amide bonds. The zero-order valence-electron chi connectivity index (χ0n) is 28.3. The Kier molecular flexibility index (Phi) is 10.5. The average molecular weight is 915 g/mol. The van der Waals surface area contributed by atoms with Gasteiger partial charge in [0.25, 0.3) is 11.4 Å². The van der Waals surface area contributed by atoms with Crippen molar-refractivity contribution in [3.63, 3.8) is 0 Å². The minimum absolute atomic E-state index is 0.00796. The molecule has 0 saturated heterocycles. The van der Waals surface area contributed by atoms with Gasteiger partial charge in [0.15, 0.2) is 0 Å². The fourth-order valence-electron chi connectivity index (χ4n) is 5.42. The number of aromatic nitrogens is 12. The summed E-state index contributed by atoms with van der Waals surface area (Å²) in [5, 5.41) is 59.6. The molecule has 0 spiro atoms. The molecule has 18 nitrogen and oxygen atoms in total. The van der Waals surface area contributed by atoms with Crippen molar-refractivity contribution in [2.45, 2.75) is 23.1 Å². The van der Waals surface area contributed by atoms with E-state index < -0.39 is 9.85 Å². The Hall–Kier alpha value is -6.10. The number of hydrogen-bond acceptors (Lipinski definition) is 14. The van der Waals surface area contributed by atoms with Crippen molar-refractivity contribution in [1.82, 2.24) is 60.0 Å². The van der Waals surface area contributed by atoms with Gasteiger partial charge in [-0.1, -0.05) is 48.5 Å². The molecule has 56 heavy (non-hydrogen) atoms. The lowest BCUT2D eigenvalue weighted by Crippen LogP contribution is -2.04. The first-order chi connectivity index (χ1) is 27.2. The van der Waals surface area contributed by atoms with Crippen molar-refractivity contribution in [1.29, 1.82) is 0 Å². The van der Waals surface area contributed by atoms with Gasteiger partial charge < -0.3 is 0 Å². The number of para-hydroxylation sites is 2. The van der Waals surface area contributed by atoms with E-state index >= 15 is 0 Å². The molecule has 4 aromatic heterocycles. The molecule has 8 rings (SSSR count). The number of benzene rings is 4. The second-order valence-corrected chi connectivity index (χ2v) is 15.6. The summed E-state index contributed by atoms with van der Waals surface area (Å²) in [6, 6.07) is 27.7. The summed E-state index contributed by atoms with van der Waals surface area (Å²) in [6.45, 7) is 0.486. The van der Waals surface area contributed by atoms with Gasteiger partial charge in [-0.15, -0.1) is 20.4 Å². The Morgan fingerprint density at radius 3 is 1.34 bits per heavy atom. The van der Waals surface area contributed by atoms with E-state index in [0.717, 1.165) is 31.4 Å². The quantitative estimate of drug-likeness (QED) is 0.0620. The SMILES string of the molecule is O=[N+]([O-])c1ccc(Cn2nnc(-c3cnn(-c4ccccc4Br)c3SSc3c(-c4nnn(Cc5ccc([N+](=O)[O-])cc5)n4)cnn3-c3ccccc3Br)n2)cc1. The van der Waals surface area contributed by atoms with E-state index in [0.29, 0.717) is 32.8 Å². The van der Waals surface area contributed by atoms with E-state index in [2.05, 4.69) is 62.7 Å². The Morgan fingerprint density at radius 2 is 0.964 bits per heavy atom. The van der Waals surface area contributed by atoms with Crippen LogP contribution in [0.5, 0.6) is 0 Å². The van der Waals surface area contributed by atoms with E-state index in [-0.39, 0.29) is 24.5 Å². The van der Waals surface area contributed by atoms with E-state index in [9.17, 15) is 20.2 Å². The molecule has 8 aromatic rings. The van der Waals surface area contributed by atoms with Crippen molar-refractivity contribution >= 4 is 64.8 Å². The minimum atomic E-state index is -0.450. The monoisotopic (exact) mass is 912 g/mol. The number of hydrogen-bond donors (Lipinski definition) is 0. The van der Waals surface area contributed by atoms with Crippen molar-refractivity contribution < 1.29 is 9.85 Å². The maximum absolute atomic E-state index is 11.1. The van der Waals surface area contributed by atoms with Crippen LogP contribution < -0.4 is 0 Å². The van der Waals surface area contributed by atoms with Crippen LogP contribution in [0.2, 0.25) is 0 Å². The van der Waals surface area contributed by atoms with Gasteiger partial charge >= 0.3 is 0 Å². The largest absolute Gasteiger partial charge is 0.269 e. The first-order valence-corrected chi connectivity index (χ1v) is 20.0. The van der Waals surface area contributed by atoms with Crippen LogP contribution in [0.3, 0.4) is 0 Å². The molecule has 22 heteroatoms. The van der Waals surface area contributed by atoms with Gasteiger partial charge in [0, 0.05) is 33.2 Å². The van der Waals surface area contributed by atoms with Gasteiger partial charge in [-0.25, -0.2) is 9.36 Å². The van der Waals surface area contributed by atoms with Crippen LogP contribution in [0.4, 0.5) is 11.4 Å². The molecule has 0 fully saturated rings. The van der Waals surface area contributed by atoms with Gasteiger partial charge in [-0.2, -0.15) is 19.8 Å². The molecule has 0 radical (unpaired) electrons. The first-order valence-electron chi connectivity index (χ1n) is 16.2. The molecule has 0 N–H and O–H groups in total. The third-order valence-electron chi connectivity index (χ3n) is 8.14. The zero-order valence-corrected chi connectivity index (χ0v) is 33.1. The standard InChI is InChI=1S/C34H22Br2N14O4S2/c35-27-5-1-3-7-29(27)47-33(25(17-37-47)31-39-43-45(41-31)19-21-9-13-23(14-10-21)49(51)52)55-56-34-26(18-38-48(34)30-8-4-2-6-28(30)36)32-40-44-46(42-32)20-22-11-15-24(16-12-22)50(53)54/h1-18H,19-20H2. The van der Waals surface area contributed by atoms with Crippen LogP contribution >= 0.6 is 53.4 Å². The van der Waals surface area contributed by atoms with Crippen LogP contribution in [-0.2, 0) is 13.1 Å². The van der Waals surface area contributed by atoms with E-state index in [4.69, 9.17) is 10.2 Å². The average Bonchev–Trinajstić information content (AvgIpc) is 4.02. The topological polar surface area (TPSA) is 209 Å². The molecule has 0 atom stereocenters. The fourth-order valence-corrected chi connectivity index (χ4v) is 8.82. The summed E-state index contributed by atoms with van der Waals surface area (Å²) in [5.74, 6) is 0.646. The third kappa shape index (κ3) is 7.71. The third-order valence-corrected chi connectivity index (χ3v) is 11.9. The minimum Gasteiger partial charge on any atom is -0.258 e. The normalized spacial score (nSPS) is 11.2. The van der Waals surface area contributed by atoms with Crippen molar-refractivity contribution in [2.75, 3.05) is 0 Å². The smallest absolute Gasteiger partial charge is 0.258 e. The molecule has 278 valence electrons. The van der Waals surface area contributed by atoms with Crippen molar-refractivity contribution in [2.24, 2.45) is 0 Å². The van der Waals surface area contributed by atoms with Crippen LogP contribution in [0.15, 0.2) is 128 Å². The summed E-state index contributed by atoms with van der Waals surface area (Å²) in [5.41, 5.74) is 4.27. The summed E-state index contributed by atoms with van der Waals surface area (Å²) >= 11 is 7.33. The highest BCUT2D eigenvalue weighted by molar-refractivity contribution is 9.11. The van der Waals surface area contributed by atoms with E-state index in [1.54, 1.807) is 46.0 Å². The second-order valence-electron chi connectivity index (χ2n) is 11.8. The van der Waals surface area contributed by atoms with Gasteiger partial charge in [0.1, 0.15) is 10.1 Å². The van der Waals surface area contributed by atoms with Crippen LogP contribution in [0.1, 0.15) is 11.1 Å². The van der Waals surface area contributed by atoms with E-state index in [1.165, 1.54) is 55.4 Å². The number of nitrogens with zero attached hydrogens (tertiary/aromatic N) is 14. The molecular formula is C34H22Br2N14O4S2. The summed E-state index contributed by atoms with van der Waals surface area (Å²) in [4.78, 5) is 24.2. The molecule has 4 aromatic carbocycles. The molecule has 0 bridgehead atoms. The van der Waals surface area contributed by atoms with Gasteiger partial charge in [-0.3, -0.25) is 20.2 Å². The second kappa shape index (κ2) is 15.9. The maximum atomic E-state index is 11.1. The Labute approximate surface area is 339 Å². The number of nitro benzene ring substituents is 2. The van der Waals surface area contributed by atoms with Crippen LogP contribution in [0, 0.1) is 20.2 Å². The van der Waals surface area contributed by atoms with E-state index in [1.807, 2.05) is 48.5 Å². The molecule has 0 aliphatic heterocycles. The predicted molar refractivity (Wildman–Crippen MR) is 212 cm³/mol. The fraction of sp³-hybridized carbons (Fsp3) is 0.0588. The summed E-state index contributed by atoms with van der Waals surface area (Å²) < 4.78 is 5.19. The number of rotatable bonds is 13. The Morgan fingerprint density at radius 1 is 0.571 bits per heavy atom. The lowest BCUT2D eigenvalue weighted by molar-refractivity contribution is -0.385. The summed E-state index contributed by atoms with van der Waals surface area (Å²) in [7, 11) is 2.78. The van der Waals surface area contributed by atoms with Gasteiger partial charge in [0.2, 0.25) is 11.6 Å². The lowest BCUT2D eigenvalue weighted by atomic mass is 10.2. The highest BCUT2D eigenvalue weighted by atomic mass is 79.9. The van der Waals surface area contributed by atoms with Crippen LogP contribution in [-0.4, -0.2) is 69.8 Å². The lowest BCUT2D eigenvalue weighted by Gasteiger charge is -2.12. The highest BCUT2D eigenvalue weighted by Crippen LogP contribution is 2.46. The zero-order chi connectivity index (χ0) is 38.8. The molecule has 0 aliphatic rings. The van der Waals surface area contributed by atoms with Gasteiger partial charge in [-0.05, 0) is 99.3 Å². The Balaban J connectivity index is 1.14. The molecule has 4 heterocycles. The maximum Gasteiger partial charge on any atom is 0.269 e. The first kappa shape index (κ1) is 36.9. The van der Waals surface area contributed by atoms with Gasteiger partial charge in [0.05, 0.1) is 57.8 Å². The predicted octanol–water partition coefficient (Wildman–Crippen LogP) is 7.60. The van der Waals surface area contributed by atoms with Crippen LogP contribution in [0.25, 0.3) is 34.2 Å².